The molecule has 0 spiro atoms. The van der Waals surface area contributed by atoms with Crippen LogP contribution in [0, 0.1) is 5.92 Å². The number of H-pyrrole nitrogens is 1. The van der Waals surface area contributed by atoms with Crippen LogP contribution in [0.4, 0.5) is 5.69 Å². The predicted molar refractivity (Wildman–Crippen MR) is 96.9 cm³/mol. The maximum atomic E-state index is 12.7. The van der Waals surface area contributed by atoms with Crippen LogP contribution in [0.2, 0.25) is 10.0 Å². The molecule has 1 fully saturated rings. The summed E-state index contributed by atoms with van der Waals surface area (Å²) in [5, 5.41) is 4.97. The topological polar surface area (TPSA) is 77.2 Å². The van der Waals surface area contributed by atoms with Gasteiger partial charge in [-0.05, 0) is 43.5 Å². The van der Waals surface area contributed by atoms with Gasteiger partial charge in [0.15, 0.2) is 0 Å². The SMILES string of the molecule is O=S1(=O)Nc2c(cc(Cl)c3c(Cl)c[nH]c23)CN1CC1CCCNC1. The summed E-state index contributed by atoms with van der Waals surface area (Å²) >= 11 is 12.5. The standard InChI is InChI=1S/C15H18Cl2N4O2S/c16-11-4-10-8-21(7-9-2-1-3-18-5-9)24(22,23)20-14(10)15-13(11)12(17)6-19-15/h4,6,9,18-20H,1-3,5,7-8H2. The number of aromatic amines is 1. The summed E-state index contributed by atoms with van der Waals surface area (Å²) in [5.74, 6) is 0.330. The average Bonchev–Trinajstić information content (AvgIpc) is 2.93. The molecule has 130 valence electrons. The van der Waals surface area contributed by atoms with Gasteiger partial charge in [-0.1, -0.05) is 23.2 Å². The third kappa shape index (κ3) is 2.78. The summed E-state index contributed by atoms with van der Waals surface area (Å²) in [6, 6.07) is 1.80. The fraction of sp³-hybridized carbons (Fsp3) is 0.467. The van der Waals surface area contributed by atoms with Crippen molar-refractivity contribution in [3.8, 4) is 0 Å². The number of anilines is 1. The molecule has 1 atom stereocenters. The molecule has 3 N–H and O–H groups in total. The highest BCUT2D eigenvalue weighted by Gasteiger charge is 2.33. The van der Waals surface area contributed by atoms with E-state index < -0.39 is 10.2 Å². The lowest BCUT2D eigenvalue weighted by atomic mass is 9.99. The monoisotopic (exact) mass is 388 g/mol. The molecule has 9 heteroatoms. The number of halogens is 2. The Hall–Kier alpha value is -0.990. The quantitative estimate of drug-likeness (QED) is 0.739. The van der Waals surface area contributed by atoms with Crippen LogP contribution < -0.4 is 10.0 Å². The minimum absolute atomic E-state index is 0.313. The fourth-order valence-corrected chi connectivity index (χ4v) is 5.49. The normalized spacial score (nSPS) is 23.8. The van der Waals surface area contributed by atoms with Gasteiger partial charge in [0.25, 0.3) is 0 Å². The van der Waals surface area contributed by atoms with E-state index >= 15 is 0 Å². The zero-order chi connectivity index (χ0) is 16.9. The molecule has 0 amide bonds. The number of hydrogen-bond donors (Lipinski definition) is 3. The summed E-state index contributed by atoms with van der Waals surface area (Å²) in [7, 11) is -3.58. The summed E-state index contributed by atoms with van der Waals surface area (Å²) < 4.78 is 29.5. The molecule has 0 bridgehead atoms. The summed E-state index contributed by atoms with van der Waals surface area (Å²) in [4.78, 5) is 3.02. The Balaban J connectivity index is 1.71. The van der Waals surface area contributed by atoms with Crippen molar-refractivity contribution in [2.24, 2.45) is 5.92 Å². The van der Waals surface area contributed by atoms with Crippen LogP contribution in [0.5, 0.6) is 0 Å². The second kappa shape index (κ2) is 6.07. The Bertz CT molecular complexity index is 891. The highest BCUT2D eigenvalue weighted by molar-refractivity contribution is 7.90. The lowest BCUT2D eigenvalue weighted by Crippen LogP contribution is -2.45. The number of benzene rings is 1. The third-order valence-corrected chi connectivity index (χ3v) is 6.74. The molecule has 4 rings (SSSR count). The van der Waals surface area contributed by atoms with E-state index in [-0.39, 0.29) is 0 Å². The maximum Gasteiger partial charge on any atom is 0.302 e. The van der Waals surface area contributed by atoms with E-state index in [4.69, 9.17) is 23.2 Å². The smallest absolute Gasteiger partial charge is 0.302 e. The molecule has 2 aliphatic rings. The first-order valence-corrected chi connectivity index (χ1v) is 10.1. The number of nitrogens with zero attached hydrogens (tertiary/aromatic N) is 1. The number of aromatic nitrogens is 1. The number of rotatable bonds is 2. The van der Waals surface area contributed by atoms with Crippen molar-refractivity contribution in [2.45, 2.75) is 19.4 Å². The van der Waals surface area contributed by atoms with Gasteiger partial charge < -0.3 is 10.3 Å². The largest absolute Gasteiger partial charge is 0.358 e. The molecular formula is C15H18Cl2N4O2S. The van der Waals surface area contributed by atoms with E-state index in [2.05, 4.69) is 15.0 Å². The van der Waals surface area contributed by atoms with Gasteiger partial charge >= 0.3 is 10.2 Å². The molecule has 1 unspecified atom stereocenters. The second-order valence-electron chi connectivity index (χ2n) is 6.39. The Morgan fingerprint density at radius 3 is 2.88 bits per heavy atom. The Morgan fingerprint density at radius 1 is 1.29 bits per heavy atom. The second-order valence-corrected chi connectivity index (χ2v) is 8.88. The van der Waals surface area contributed by atoms with Crippen LogP contribution >= 0.6 is 23.2 Å². The Labute approximate surface area is 150 Å². The highest BCUT2D eigenvalue weighted by Crippen LogP contribution is 2.40. The Kier molecular flexibility index (Phi) is 4.17. The first-order valence-electron chi connectivity index (χ1n) is 7.92. The van der Waals surface area contributed by atoms with Crippen LogP contribution in [0.1, 0.15) is 18.4 Å². The van der Waals surface area contributed by atoms with Crippen molar-refractivity contribution in [1.29, 1.82) is 0 Å². The van der Waals surface area contributed by atoms with Crippen molar-refractivity contribution in [3.05, 3.63) is 27.9 Å². The van der Waals surface area contributed by atoms with E-state index in [1.807, 2.05) is 0 Å². The molecule has 2 aromatic rings. The molecule has 0 aliphatic carbocycles. The maximum absolute atomic E-state index is 12.7. The van der Waals surface area contributed by atoms with Crippen LogP contribution in [-0.2, 0) is 16.8 Å². The number of piperidine rings is 1. The minimum Gasteiger partial charge on any atom is -0.358 e. The van der Waals surface area contributed by atoms with Crippen LogP contribution in [0.15, 0.2) is 12.3 Å². The van der Waals surface area contributed by atoms with Gasteiger partial charge in [0.1, 0.15) is 0 Å². The molecule has 1 aromatic carbocycles. The molecule has 0 radical (unpaired) electrons. The molecule has 3 heterocycles. The van der Waals surface area contributed by atoms with E-state index in [1.165, 1.54) is 4.31 Å². The van der Waals surface area contributed by atoms with Crippen molar-refractivity contribution in [1.82, 2.24) is 14.6 Å². The Morgan fingerprint density at radius 2 is 2.12 bits per heavy atom. The van der Waals surface area contributed by atoms with Crippen molar-refractivity contribution >= 4 is 50.0 Å². The van der Waals surface area contributed by atoms with Gasteiger partial charge in [-0.15, -0.1) is 0 Å². The fourth-order valence-electron chi connectivity index (χ4n) is 3.53. The van der Waals surface area contributed by atoms with E-state index in [1.54, 1.807) is 12.3 Å². The summed E-state index contributed by atoms with van der Waals surface area (Å²) in [6.45, 7) is 2.67. The first-order chi connectivity index (χ1) is 11.5. The zero-order valence-corrected chi connectivity index (χ0v) is 15.2. The van der Waals surface area contributed by atoms with Gasteiger partial charge in [0.05, 0.1) is 21.2 Å². The van der Waals surface area contributed by atoms with Crippen molar-refractivity contribution in [2.75, 3.05) is 24.4 Å². The number of nitrogens with one attached hydrogen (secondary N) is 3. The number of fused-ring (bicyclic) bond motifs is 3. The highest BCUT2D eigenvalue weighted by atomic mass is 35.5. The van der Waals surface area contributed by atoms with Gasteiger partial charge in [-0.2, -0.15) is 12.7 Å². The van der Waals surface area contributed by atoms with E-state index in [0.717, 1.165) is 31.5 Å². The molecule has 1 saturated heterocycles. The number of hydrogen-bond acceptors (Lipinski definition) is 3. The van der Waals surface area contributed by atoms with Gasteiger partial charge in [-0.25, -0.2) is 0 Å². The van der Waals surface area contributed by atoms with Gasteiger partial charge in [0, 0.05) is 24.7 Å². The molecule has 1 aromatic heterocycles. The van der Waals surface area contributed by atoms with Crippen LogP contribution in [-0.4, -0.2) is 37.3 Å². The molecule has 0 saturated carbocycles. The van der Waals surface area contributed by atoms with Crippen molar-refractivity contribution in [3.63, 3.8) is 0 Å². The molecule has 24 heavy (non-hydrogen) atoms. The zero-order valence-electron chi connectivity index (χ0n) is 12.9. The summed E-state index contributed by atoms with van der Waals surface area (Å²) in [5.41, 5.74) is 2.02. The lowest BCUT2D eigenvalue weighted by molar-refractivity contribution is 0.287. The van der Waals surface area contributed by atoms with Gasteiger partial charge in [-0.3, -0.25) is 4.72 Å². The first kappa shape index (κ1) is 16.5. The lowest BCUT2D eigenvalue weighted by Gasteiger charge is -2.33. The van der Waals surface area contributed by atoms with E-state index in [9.17, 15) is 8.42 Å². The molecule has 6 nitrogen and oxygen atoms in total. The molecular weight excluding hydrogens is 371 g/mol. The average molecular weight is 389 g/mol. The molecule has 2 aliphatic heterocycles. The van der Waals surface area contributed by atoms with Crippen LogP contribution in [0.25, 0.3) is 10.9 Å². The van der Waals surface area contributed by atoms with Crippen molar-refractivity contribution < 1.29 is 8.42 Å². The van der Waals surface area contributed by atoms with Crippen LogP contribution in [0.3, 0.4) is 0 Å². The third-order valence-electron chi connectivity index (χ3n) is 4.72. The van der Waals surface area contributed by atoms with E-state index in [0.29, 0.717) is 45.6 Å². The van der Waals surface area contributed by atoms with Gasteiger partial charge in [0.2, 0.25) is 0 Å². The summed E-state index contributed by atoms with van der Waals surface area (Å²) in [6.07, 6.45) is 3.74. The minimum atomic E-state index is -3.58. The predicted octanol–water partition coefficient (Wildman–Crippen LogP) is 2.95.